The molecular formula is C19H33N5O. The predicted molar refractivity (Wildman–Crippen MR) is 104 cm³/mol. The van der Waals surface area contributed by atoms with Crippen molar-refractivity contribution in [3.63, 3.8) is 0 Å². The van der Waals surface area contributed by atoms with Gasteiger partial charge < -0.3 is 19.9 Å². The maximum atomic E-state index is 5.72. The van der Waals surface area contributed by atoms with Gasteiger partial charge in [-0.1, -0.05) is 6.07 Å². The summed E-state index contributed by atoms with van der Waals surface area (Å²) in [4.78, 5) is 13.6. The Bertz CT molecular complexity index is 519. The van der Waals surface area contributed by atoms with Crippen LogP contribution in [0.5, 0.6) is 0 Å². The van der Waals surface area contributed by atoms with E-state index in [2.05, 4.69) is 58.0 Å². The van der Waals surface area contributed by atoms with E-state index in [-0.39, 0.29) is 0 Å². The topological polar surface area (TPSA) is 53.0 Å². The van der Waals surface area contributed by atoms with Crippen LogP contribution in [-0.4, -0.2) is 61.8 Å². The van der Waals surface area contributed by atoms with Gasteiger partial charge in [0.15, 0.2) is 5.96 Å². The molecule has 0 bridgehead atoms. The second-order valence-electron chi connectivity index (χ2n) is 6.24. The van der Waals surface area contributed by atoms with Gasteiger partial charge in [0.05, 0.1) is 6.10 Å². The Kier molecular flexibility index (Phi) is 7.98. The number of ether oxygens (including phenoxy) is 1. The van der Waals surface area contributed by atoms with Crippen LogP contribution in [0.25, 0.3) is 0 Å². The Labute approximate surface area is 152 Å². The highest BCUT2D eigenvalue weighted by Gasteiger charge is 2.21. The molecule has 0 amide bonds. The van der Waals surface area contributed by atoms with Gasteiger partial charge in [-0.2, -0.15) is 0 Å². The van der Waals surface area contributed by atoms with E-state index >= 15 is 0 Å². The highest BCUT2D eigenvalue weighted by Crippen LogP contribution is 2.14. The van der Waals surface area contributed by atoms with Crippen LogP contribution in [0, 0.1) is 0 Å². The quantitative estimate of drug-likeness (QED) is 0.607. The summed E-state index contributed by atoms with van der Waals surface area (Å²) in [7, 11) is 1.85. The Morgan fingerprint density at radius 2 is 2.00 bits per heavy atom. The lowest BCUT2D eigenvalue weighted by Crippen LogP contribution is -2.46. The zero-order valence-electron chi connectivity index (χ0n) is 16.2. The molecule has 2 rings (SSSR count). The molecule has 1 N–H and O–H groups in total. The number of nitrogens with zero attached hydrogens (tertiary/aromatic N) is 4. The molecule has 6 heteroatoms. The summed E-state index contributed by atoms with van der Waals surface area (Å²) in [6.07, 6.45) is 4.48. The van der Waals surface area contributed by atoms with E-state index in [9.17, 15) is 0 Å². The third kappa shape index (κ3) is 5.59. The number of rotatable bonds is 7. The lowest BCUT2D eigenvalue weighted by Gasteiger charge is -2.34. The highest BCUT2D eigenvalue weighted by molar-refractivity contribution is 5.79. The van der Waals surface area contributed by atoms with Crippen molar-refractivity contribution in [2.45, 2.75) is 46.3 Å². The van der Waals surface area contributed by atoms with Gasteiger partial charge in [0.1, 0.15) is 5.82 Å². The molecule has 1 fully saturated rings. The average Bonchev–Trinajstić information content (AvgIpc) is 2.66. The first kappa shape index (κ1) is 19.5. The second-order valence-corrected chi connectivity index (χ2v) is 6.24. The van der Waals surface area contributed by atoms with E-state index in [1.54, 1.807) is 0 Å². The van der Waals surface area contributed by atoms with Gasteiger partial charge in [-0.25, -0.2) is 4.98 Å². The molecule has 2 heterocycles. The summed E-state index contributed by atoms with van der Waals surface area (Å²) >= 11 is 0. The van der Waals surface area contributed by atoms with E-state index < -0.39 is 0 Å². The molecule has 25 heavy (non-hydrogen) atoms. The van der Waals surface area contributed by atoms with Crippen LogP contribution in [0.15, 0.2) is 23.3 Å². The number of hydrogen-bond donors (Lipinski definition) is 1. The Morgan fingerprint density at radius 1 is 1.28 bits per heavy atom. The van der Waals surface area contributed by atoms with Gasteiger partial charge in [0, 0.05) is 52.6 Å². The molecule has 1 aliphatic heterocycles. The van der Waals surface area contributed by atoms with E-state index in [0.29, 0.717) is 6.10 Å². The van der Waals surface area contributed by atoms with Gasteiger partial charge in [0.25, 0.3) is 0 Å². The maximum absolute atomic E-state index is 5.72. The minimum Gasteiger partial charge on any atom is -0.378 e. The van der Waals surface area contributed by atoms with E-state index in [4.69, 9.17) is 4.74 Å². The van der Waals surface area contributed by atoms with E-state index in [1.807, 2.05) is 13.2 Å². The molecule has 6 nitrogen and oxygen atoms in total. The third-order valence-electron chi connectivity index (χ3n) is 4.70. The summed E-state index contributed by atoms with van der Waals surface area (Å²) in [5.74, 6) is 2.00. The van der Waals surface area contributed by atoms with Crippen molar-refractivity contribution in [1.29, 1.82) is 0 Å². The number of anilines is 1. The first-order valence-electron chi connectivity index (χ1n) is 9.48. The highest BCUT2D eigenvalue weighted by atomic mass is 16.5. The Hall–Kier alpha value is -1.82. The molecule has 0 saturated carbocycles. The van der Waals surface area contributed by atoms with Crippen LogP contribution in [0.3, 0.4) is 0 Å². The van der Waals surface area contributed by atoms with Crippen LogP contribution in [0.1, 0.15) is 39.2 Å². The number of aliphatic imine (C=N–C) groups is 1. The third-order valence-corrected chi connectivity index (χ3v) is 4.70. The normalized spacial score (nSPS) is 16.2. The van der Waals surface area contributed by atoms with Crippen LogP contribution in [0.2, 0.25) is 0 Å². The number of nitrogens with one attached hydrogen (secondary N) is 1. The molecule has 1 aromatic heterocycles. The zero-order valence-corrected chi connectivity index (χ0v) is 16.2. The molecule has 0 radical (unpaired) electrons. The number of guanidine groups is 1. The van der Waals surface area contributed by atoms with Crippen molar-refractivity contribution in [3.05, 3.63) is 23.9 Å². The summed E-state index contributed by atoms with van der Waals surface area (Å²) in [5, 5.41) is 3.46. The van der Waals surface area contributed by atoms with E-state index in [1.165, 1.54) is 5.56 Å². The first-order valence-corrected chi connectivity index (χ1v) is 9.48. The average molecular weight is 348 g/mol. The summed E-state index contributed by atoms with van der Waals surface area (Å²) < 4.78 is 5.72. The van der Waals surface area contributed by atoms with Gasteiger partial charge in [0.2, 0.25) is 0 Å². The monoisotopic (exact) mass is 347 g/mol. The molecule has 0 unspecified atom stereocenters. The lowest BCUT2D eigenvalue weighted by molar-refractivity contribution is 0.0263. The minimum atomic E-state index is 0.399. The Morgan fingerprint density at radius 3 is 2.52 bits per heavy atom. The molecule has 1 saturated heterocycles. The number of pyridine rings is 1. The van der Waals surface area contributed by atoms with Crippen LogP contribution in [0.4, 0.5) is 5.82 Å². The SMILES string of the molecule is CCOC1CCN(C(=NC)NCc2ccc(N(CC)CC)nc2)CC1. The van der Waals surface area contributed by atoms with Crippen LogP contribution >= 0.6 is 0 Å². The largest absolute Gasteiger partial charge is 0.378 e. The molecular weight excluding hydrogens is 314 g/mol. The fourth-order valence-electron chi connectivity index (χ4n) is 3.24. The molecule has 1 aliphatic rings. The van der Waals surface area contributed by atoms with Crippen molar-refractivity contribution in [2.75, 3.05) is 44.7 Å². The van der Waals surface area contributed by atoms with Crippen molar-refractivity contribution in [1.82, 2.24) is 15.2 Å². The summed E-state index contributed by atoms with van der Waals surface area (Å²) in [6.45, 7) is 11.8. The number of hydrogen-bond acceptors (Lipinski definition) is 4. The van der Waals surface area contributed by atoms with E-state index in [0.717, 1.165) is 63.9 Å². The van der Waals surface area contributed by atoms with Crippen LogP contribution in [-0.2, 0) is 11.3 Å². The molecule has 140 valence electrons. The smallest absolute Gasteiger partial charge is 0.193 e. The standard InChI is InChI=1S/C19H33N5O/c1-5-23(6-2)18-9-8-16(14-21-18)15-22-19(20-4)24-12-10-17(11-13-24)25-7-3/h8-9,14,17H,5-7,10-13,15H2,1-4H3,(H,20,22). The number of likely N-dealkylation sites (tertiary alicyclic amines) is 1. The molecule has 1 aromatic rings. The summed E-state index contributed by atoms with van der Waals surface area (Å²) in [6, 6.07) is 4.24. The number of aromatic nitrogens is 1. The first-order chi connectivity index (χ1) is 12.2. The molecule has 0 aromatic carbocycles. The summed E-state index contributed by atoms with van der Waals surface area (Å²) in [5.41, 5.74) is 1.17. The van der Waals surface area contributed by atoms with Crippen LogP contribution < -0.4 is 10.2 Å². The molecule has 0 atom stereocenters. The fraction of sp³-hybridized carbons (Fsp3) is 0.684. The van der Waals surface area contributed by atoms with Gasteiger partial charge >= 0.3 is 0 Å². The van der Waals surface area contributed by atoms with Gasteiger partial charge in [-0.3, -0.25) is 4.99 Å². The maximum Gasteiger partial charge on any atom is 0.193 e. The Balaban J connectivity index is 1.85. The second kappa shape index (κ2) is 10.2. The fourth-order valence-corrected chi connectivity index (χ4v) is 3.24. The number of piperidine rings is 1. The van der Waals surface area contributed by atoms with Gasteiger partial charge in [-0.15, -0.1) is 0 Å². The van der Waals surface area contributed by atoms with Crippen molar-refractivity contribution < 1.29 is 4.74 Å². The molecule has 0 aliphatic carbocycles. The predicted octanol–water partition coefficient (Wildman–Crippen LogP) is 2.50. The lowest BCUT2D eigenvalue weighted by atomic mass is 10.1. The van der Waals surface area contributed by atoms with Crippen molar-refractivity contribution in [2.24, 2.45) is 4.99 Å². The minimum absolute atomic E-state index is 0.399. The zero-order chi connectivity index (χ0) is 18.1. The molecule has 0 spiro atoms. The van der Waals surface area contributed by atoms with Gasteiger partial charge in [-0.05, 0) is 45.2 Å². The van der Waals surface area contributed by atoms with Crippen molar-refractivity contribution in [3.8, 4) is 0 Å². The van der Waals surface area contributed by atoms with Crippen molar-refractivity contribution >= 4 is 11.8 Å².